The first kappa shape index (κ1) is 15.5. The maximum atomic E-state index is 5.43. The van der Waals surface area contributed by atoms with Gasteiger partial charge in [0.15, 0.2) is 11.6 Å². The van der Waals surface area contributed by atoms with E-state index in [0.717, 1.165) is 47.4 Å². The highest BCUT2D eigenvalue weighted by Crippen LogP contribution is 2.25. The van der Waals surface area contributed by atoms with Crippen LogP contribution in [0.15, 0.2) is 28.1 Å². The summed E-state index contributed by atoms with van der Waals surface area (Å²) in [7, 11) is 0. The number of fused-ring (bicyclic) bond motifs is 1. The van der Waals surface area contributed by atoms with Crippen LogP contribution in [0, 0.1) is 0 Å². The number of nitrogens with zero attached hydrogens (tertiary/aromatic N) is 4. The van der Waals surface area contributed by atoms with Gasteiger partial charge in [0.25, 0.3) is 0 Å². The van der Waals surface area contributed by atoms with E-state index in [-0.39, 0.29) is 0 Å². The summed E-state index contributed by atoms with van der Waals surface area (Å²) in [6.07, 6.45) is 2.04. The second-order valence-corrected chi connectivity index (χ2v) is 7.45. The normalized spacial score (nSPS) is 17.4. The molecule has 0 saturated carbocycles. The fourth-order valence-corrected chi connectivity index (χ4v) is 3.59. The van der Waals surface area contributed by atoms with E-state index < -0.39 is 0 Å². The summed E-state index contributed by atoms with van der Waals surface area (Å²) in [5.74, 6) is 3.27. The minimum Gasteiger partial charge on any atom is -0.355 e. The molecule has 24 heavy (non-hydrogen) atoms. The summed E-state index contributed by atoms with van der Waals surface area (Å²) in [6.45, 7) is 5.84. The zero-order chi connectivity index (χ0) is 16.5. The van der Waals surface area contributed by atoms with Crippen molar-refractivity contribution in [2.45, 2.75) is 51.7 Å². The van der Waals surface area contributed by atoms with Crippen LogP contribution in [0.1, 0.15) is 43.5 Å². The molecule has 0 radical (unpaired) electrons. The maximum Gasteiger partial charge on any atom is 0.177 e. The fourth-order valence-electron chi connectivity index (χ4n) is 2.92. The van der Waals surface area contributed by atoms with Gasteiger partial charge in [0, 0.05) is 31.0 Å². The molecule has 3 aromatic heterocycles. The average molecular weight is 343 g/mol. The lowest BCUT2D eigenvalue weighted by Gasteiger charge is -2.23. The first-order valence-electron chi connectivity index (χ1n) is 8.35. The zero-order valence-corrected chi connectivity index (χ0v) is 14.7. The third kappa shape index (κ3) is 3.14. The molecule has 126 valence electrons. The molecule has 7 heteroatoms. The number of aryl methyl sites for hydroxylation is 1. The molecule has 0 saturated heterocycles. The van der Waals surface area contributed by atoms with Crippen LogP contribution >= 0.6 is 11.3 Å². The molecular weight excluding hydrogens is 322 g/mol. The lowest BCUT2D eigenvalue weighted by molar-refractivity contribution is 0.350. The monoisotopic (exact) mass is 343 g/mol. The molecule has 1 aliphatic rings. The highest BCUT2D eigenvalue weighted by atomic mass is 32.1. The first-order chi connectivity index (χ1) is 11.7. The van der Waals surface area contributed by atoms with Crippen LogP contribution < -0.4 is 5.32 Å². The lowest BCUT2D eigenvalue weighted by atomic mass is 10.1. The number of hydrogen-bond donors (Lipinski definition) is 1. The highest BCUT2D eigenvalue weighted by Gasteiger charge is 2.22. The van der Waals surface area contributed by atoms with Gasteiger partial charge in [0.1, 0.15) is 5.82 Å². The molecule has 4 rings (SSSR count). The van der Waals surface area contributed by atoms with Crippen molar-refractivity contribution in [1.29, 1.82) is 0 Å². The van der Waals surface area contributed by atoms with Gasteiger partial charge in [0.2, 0.25) is 0 Å². The predicted octanol–water partition coefficient (Wildman–Crippen LogP) is 3.22. The Labute approximate surface area is 144 Å². The summed E-state index contributed by atoms with van der Waals surface area (Å²) >= 11 is 1.66. The van der Waals surface area contributed by atoms with Crippen molar-refractivity contribution in [3.05, 3.63) is 40.9 Å². The van der Waals surface area contributed by atoms with E-state index >= 15 is 0 Å². The molecule has 1 N–H and O–H groups in total. The molecule has 1 atom stereocenters. The van der Waals surface area contributed by atoms with E-state index in [2.05, 4.69) is 39.1 Å². The van der Waals surface area contributed by atoms with Gasteiger partial charge in [-0.25, -0.2) is 9.67 Å². The van der Waals surface area contributed by atoms with E-state index in [1.807, 2.05) is 23.6 Å². The van der Waals surface area contributed by atoms with Crippen LogP contribution in [0.25, 0.3) is 10.6 Å². The third-order valence-corrected chi connectivity index (χ3v) is 5.17. The number of nitrogens with one attached hydrogen (secondary N) is 1. The third-order valence-electron chi connectivity index (χ3n) is 4.29. The van der Waals surface area contributed by atoms with Gasteiger partial charge in [-0.15, -0.1) is 11.3 Å². The molecule has 0 aliphatic carbocycles. The van der Waals surface area contributed by atoms with Crippen molar-refractivity contribution in [3.63, 3.8) is 0 Å². The minimum absolute atomic E-state index is 0.375. The average Bonchev–Trinajstić information content (AvgIpc) is 3.30. The SMILES string of the molecule is CC(C)c1nc2n(n1)C[C@H](NCc1cc(-c3cccs3)on1)CC2. The second kappa shape index (κ2) is 6.49. The van der Waals surface area contributed by atoms with Crippen molar-refractivity contribution in [1.82, 2.24) is 25.2 Å². The maximum absolute atomic E-state index is 5.43. The van der Waals surface area contributed by atoms with Gasteiger partial charge < -0.3 is 9.84 Å². The van der Waals surface area contributed by atoms with Crippen LogP contribution in [0.5, 0.6) is 0 Å². The Morgan fingerprint density at radius 2 is 2.38 bits per heavy atom. The Hall–Kier alpha value is -1.99. The van der Waals surface area contributed by atoms with Crippen molar-refractivity contribution in [2.24, 2.45) is 0 Å². The van der Waals surface area contributed by atoms with Crippen LogP contribution in [-0.4, -0.2) is 26.0 Å². The van der Waals surface area contributed by atoms with Crippen molar-refractivity contribution in [3.8, 4) is 10.6 Å². The van der Waals surface area contributed by atoms with Crippen LogP contribution in [-0.2, 0) is 19.5 Å². The standard InChI is InChI=1S/C17H21N5OS/c1-11(2)17-19-16-6-5-12(10-22(16)20-17)18-9-13-8-14(23-21-13)15-4-3-7-24-15/h3-4,7-8,11-12,18H,5-6,9-10H2,1-2H3/t12-/m1/s1. The lowest BCUT2D eigenvalue weighted by Crippen LogP contribution is -2.37. The number of hydrogen-bond acceptors (Lipinski definition) is 6. The zero-order valence-electron chi connectivity index (χ0n) is 13.9. The Bertz CT molecular complexity index is 805. The number of thiophene rings is 1. The van der Waals surface area contributed by atoms with Crippen molar-refractivity contribution < 1.29 is 4.52 Å². The summed E-state index contributed by atoms with van der Waals surface area (Å²) < 4.78 is 7.48. The largest absolute Gasteiger partial charge is 0.355 e. The molecule has 3 aromatic rings. The molecule has 0 aromatic carbocycles. The molecule has 6 nitrogen and oxygen atoms in total. The molecule has 0 bridgehead atoms. The Kier molecular flexibility index (Phi) is 4.20. The molecule has 0 unspecified atom stereocenters. The van der Waals surface area contributed by atoms with E-state index in [1.54, 1.807) is 11.3 Å². The molecule has 0 spiro atoms. The van der Waals surface area contributed by atoms with Gasteiger partial charge in [0.05, 0.1) is 17.1 Å². The van der Waals surface area contributed by atoms with Gasteiger partial charge in [-0.05, 0) is 17.9 Å². The van der Waals surface area contributed by atoms with Gasteiger partial charge in [-0.2, -0.15) is 5.10 Å². The second-order valence-electron chi connectivity index (χ2n) is 6.50. The summed E-state index contributed by atoms with van der Waals surface area (Å²) in [4.78, 5) is 5.74. The summed E-state index contributed by atoms with van der Waals surface area (Å²) in [6, 6.07) is 6.46. The van der Waals surface area contributed by atoms with E-state index in [0.29, 0.717) is 18.5 Å². The smallest absolute Gasteiger partial charge is 0.177 e. The Morgan fingerprint density at radius 3 is 3.17 bits per heavy atom. The first-order valence-corrected chi connectivity index (χ1v) is 9.23. The van der Waals surface area contributed by atoms with E-state index in [9.17, 15) is 0 Å². The summed E-state index contributed by atoms with van der Waals surface area (Å²) in [5, 5.41) is 14.4. The van der Waals surface area contributed by atoms with Gasteiger partial charge in [-0.3, -0.25) is 0 Å². The Balaban J connectivity index is 1.37. The summed E-state index contributed by atoms with van der Waals surface area (Å²) in [5.41, 5.74) is 0.936. The fraction of sp³-hybridized carbons (Fsp3) is 0.471. The predicted molar refractivity (Wildman–Crippen MR) is 92.9 cm³/mol. The van der Waals surface area contributed by atoms with Gasteiger partial charge >= 0.3 is 0 Å². The minimum atomic E-state index is 0.375. The van der Waals surface area contributed by atoms with Crippen LogP contribution in [0.4, 0.5) is 0 Å². The Morgan fingerprint density at radius 1 is 1.46 bits per heavy atom. The highest BCUT2D eigenvalue weighted by molar-refractivity contribution is 7.13. The number of rotatable bonds is 5. The van der Waals surface area contributed by atoms with Crippen LogP contribution in [0.2, 0.25) is 0 Å². The van der Waals surface area contributed by atoms with E-state index in [1.165, 1.54) is 0 Å². The van der Waals surface area contributed by atoms with Gasteiger partial charge in [-0.1, -0.05) is 25.1 Å². The topological polar surface area (TPSA) is 68.8 Å². The molecule has 4 heterocycles. The quantitative estimate of drug-likeness (QED) is 0.770. The van der Waals surface area contributed by atoms with Crippen LogP contribution in [0.3, 0.4) is 0 Å². The van der Waals surface area contributed by atoms with Crippen molar-refractivity contribution in [2.75, 3.05) is 0 Å². The van der Waals surface area contributed by atoms with Crippen molar-refractivity contribution >= 4 is 11.3 Å². The van der Waals surface area contributed by atoms with E-state index in [4.69, 9.17) is 4.52 Å². The molecular formula is C17H21N5OS. The molecule has 0 amide bonds. The molecule has 1 aliphatic heterocycles. The number of aromatic nitrogens is 4. The molecule has 0 fully saturated rings.